The van der Waals surface area contributed by atoms with Crippen LogP contribution < -0.4 is 20.0 Å². The van der Waals surface area contributed by atoms with E-state index in [4.69, 9.17) is 27.9 Å². The summed E-state index contributed by atoms with van der Waals surface area (Å²) in [6, 6.07) is 11.9. The van der Waals surface area contributed by atoms with E-state index < -0.39 is 0 Å². The van der Waals surface area contributed by atoms with Crippen molar-refractivity contribution in [2.45, 2.75) is 19.6 Å². The second kappa shape index (κ2) is 10.9. The molecular formula is C27H31Cl2N7O2. The van der Waals surface area contributed by atoms with E-state index in [1.54, 1.807) is 30.2 Å². The number of aromatic nitrogens is 2. The zero-order chi connectivity index (χ0) is 27.0. The van der Waals surface area contributed by atoms with Crippen LogP contribution in [0.3, 0.4) is 0 Å². The fraction of sp³-hybridized carbons (Fsp3) is 0.370. The molecule has 2 aliphatic heterocycles. The number of methoxy groups -OCH3 is 1. The van der Waals surface area contributed by atoms with Crippen molar-refractivity contribution in [1.29, 1.82) is 0 Å². The minimum absolute atomic E-state index is 0.252. The topological polar surface area (TPSA) is 77.1 Å². The zero-order valence-corrected chi connectivity index (χ0v) is 23.4. The fourth-order valence-electron chi connectivity index (χ4n) is 4.92. The van der Waals surface area contributed by atoms with Crippen molar-refractivity contribution in [3.63, 3.8) is 0 Å². The highest BCUT2D eigenvalue weighted by Gasteiger charge is 2.33. The van der Waals surface area contributed by atoms with Crippen LogP contribution in [0.4, 0.5) is 28.8 Å². The first-order valence-electron chi connectivity index (χ1n) is 12.4. The molecule has 1 fully saturated rings. The summed E-state index contributed by atoms with van der Waals surface area (Å²) in [4.78, 5) is 30.6. The minimum Gasteiger partial charge on any atom is -0.380 e. The van der Waals surface area contributed by atoms with E-state index in [1.165, 1.54) is 11.9 Å². The molecule has 2 aliphatic rings. The van der Waals surface area contributed by atoms with E-state index in [9.17, 15) is 4.79 Å². The monoisotopic (exact) mass is 555 g/mol. The number of hydrogen-bond acceptors (Lipinski definition) is 8. The number of nitrogens with one attached hydrogen (secondary N) is 1. The maximum atomic E-state index is 13.3. The van der Waals surface area contributed by atoms with Gasteiger partial charge in [0.2, 0.25) is 5.95 Å². The van der Waals surface area contributed by atoms with Gasteiger partial charge in [-0.1, -0.05) is 29.3 Å². The van der Waals surface area contributed by atoms with Gasteiger partial charge >= 0.3 is 0 Å². The van der Waals surface area contributed by atoms with Crippen LogP contribution in [0.25, 0.3) is 0 Å². The Kier molecular flexibility index (Phi) is 7.63. The van der Waals surface area contributed by atoms with Gasteiger partial charge in [0.25, 0.3) is 5.91 Å². The maximum absolute atomic E-state index is 13.3. The highest BCUT2D eigenvalue weighted by molar-refractivity contribution is 6.40. The van der Waals surface area contributed by atoms with Gasteiger partial charge in [0.15, 0.2) is 0 Å². The van der Waals surface area contributed by atoms with E-state index in [0.717, 1.165) is 30.9 Å². The van der Waals surface area contributed by atoms with Crippen molar-refractivity contribution in [2.24, 2.45) is 0 Å². The molecule has 5 rings (SSSR count). The Morgan fingerprint density at radius 2 is 1.89 bits per heavy atom. The number of rotatable bonds is 6. The molecule has 1 aromatic heterocycles. The molecule has 0 radical (unpaired) electrons. The number of piperazine rings is 1. The number of amides is 1. The lowest BCUT2D eigenvalue weighted by atomic mass is 10.1. The van der Waals surface area contributed by atoms with Crippen LogP contribution in [0.15, 0.2) is 42.6 Å². The number of carbonyl (C=O) groups excluding carboxylic acids is 1. The Morgan fingerprint density at radius 3 is 2.61 bits per heavy atom. The summed E-state index contributed by atoms with van der Waals surface area (Å²) in [5.74, 6) is 0.678. The number of fused-ring (bicyclic) bond motifs is 1. The molecule has 0 aliphatic carbocycles. The van der Waals surface area contributed by atoms with Gasteiger partial charge in [0.05, 0.1) is 29.0 Å². The fourth-order valence-corrected chi connectivity index (χ4v) is 5.52. The van der Waals surface area contributed by atoms with Gasteiger partial charge in [-0.25, -0.2) is 4.98 Å². The molecule has 1 N–H and O–H groups in total. The lowest BCUT2D eigenvalue weighted by Crippen LogP contribution is -2.50. The van der Waals surface area contributed by atoms with Gasteiger partial charge in [-0.15, -0.1) is 0 Å². The summed E-state index contributed by atoms with van der Waals surface area (Å²) in [5.41, 5.74) is 3.96. The number of halogens is 2. The Hall–Kier alpha value is -3.11. The molecule has 38 heavy (non-hydrogen) atoms. The van der Waals surface area contributed by atoms with Crippen LogP contribution >= 0.6 is 23.2 Å². The largest absolute Gasteiger partial charge is 0.380 e. The number of benzene rings is 2. The molecule has 9 nitrogen and oxygen atoms in total. The quantitative estimate of drug-likeness (QED) is 0.461. The molecular weight excluding hydrogens is 525 g/mol. The molecule has 3 aromatic rings. The molecule has 0 spiro atoms. The Labute approximate surface area is 232 Å². The van der Waals surface area contributed by atoms with Crippen LogP contribution in [-0.2, 0) is 11.3 Å². The molecule has 0 unspecified atom stereocenters. The van der Waals surface area contributed by atoms with Gasteiger partial charge in [0, 0.05) is 63.0 Å². The third-order valence-corrected chi connectivity index (χ3v) is 7.71. The zero-order valence-electron chi connectivity index (χ0n) is 21.9. The average molecular weight is 556 g/mol. The van der Waals surface area contributed by atoms with Crippen LogP contribution in [0.1, 0.15) is 22.8 Å². The summed E-state index contributed by atoms with van der Waals surface area (Å²) in [6.07, 6.45) is 1.54. The van der Waals surface area contributed by atoms with Gasteiger partial charge in [-0.2, -0.15) is 4.98 Å². The molecule has 11 heteroatoms. The van der Waals surface area contributed by atoms with E-state index in [1.807, 2.05) is 18.0 Å². The smallest absolute Gasteiger partial charge is 0.265 e. The first-order valence-corrected chi connectivity index (χ1v) is 13.2. The van der Waals surface area contributed by atoms with Gasteiger partial charge in [0.1, 0.15) is 11.4 Å². The van der Waals surface area contributed by atoms with Gasteiger partial charge in [-0.05, 0) is 44.3 Å². The third kappa shape index (κ3) is 5.11. The number of ether oxygens (including phenoxy) is 1. The highest BCUT2D eigenvalue weighted by Crippen LogP contribution is 2.37. The van der Waals surface area contributed by atoms with Crippen LogP contribution in [0.5, 0.6) is 0 Å². The summed E-state index contributed by atoms with van der Waals surface area (Å²) in [6.45, 7) is 5.94. The van der Waals surface area contributed by atoms with Crippen LogP contribution in [0, 0.1) is 0 Å². The molecule has 2 aromatic carbocycles. The van der Waals surface area contributed by atoms with Crippen molar-refractivity contribution in [1.82, 2.24) is 14.9 Å². The highest BCUT2D eigenvalue weighted by atomic mass is 35.5. The average Bonchev–Trinajstić information content (AvgIpc) is 2.89. The summed E-state index contributed by atoms with van der Waals surface area (Å²) in [5, 5.41) is 4.11. The molecule has 3 heterocycles. The predicted molar refractivity (Wildman–Crippen MR) is 153 cm³/mol. The van der Waals surface area contributed by atoms with Crippen LogP contribution in [-0.4, -0.2) is 74.3 Å². The lowest BCUT2D eigenvalue weighted by Gasteiger charge is -2.39. The minimum atomic E-state index is -0.257. The molecule has 1 atom stereocenters. The van der Waals surface area contributed by atoms with E-state index >= 15 is 0 Å². The normalized spacial score (nSPS) is 18.1. The number of hydrogen-bond donors (Lipinski definition) is 1. The molecule has 1 amide bonds. The van der Waals surface area contributed by atoms with Crippen molar-refractivity contribution >= 4 is 57.9 Å². The first kappa shape index (κ1) is 26.5. The Morgan fingerprint density at radius 1 is 1.13 bits per heavy atom. The number of nitrogens with zero attached hydrogens (tertiary/aromatic N) is 6. The van der Waals surface area contributed by atoms with Crippen LogP contribution in [0.2, 0.25) is 10.0 Å². The van der Waals surface area contributed by atoms with Crippen molar-refractivity contribution in [2.75, 3.05) is 67.5 Å². The number of para-hydroxylation sites is 1. The number of likely N-dealkylation sites (N-methyl/N-ethyl adjacent to an activating group) is 1. The number of carbonyl (C=O) groups is 1. The summed E-state index contributed by atoms with van der Waals surface area (Å²) >= 11 is 12.8. The Bertz CT molecular complexity index is 1330. The van der Waals surface area contributed by atoms with Gasteiger partial charge in [-0.3, -0.25) is 9.69 Å². The second-order valence-electron chi connectivity index (χ2n) is 9.75. The molecule has 0 bridgehead atoms. The maximum Gasteiger partial charge on any atom is 0.265 e. The predicted octanol–water partition coefficient (Wildman–Crippen LogP) is 4.87. The van der Waals surface area contributed by atoms with Crippen molar-refractivity contribution in [3.8, 4) is 0 Å². The molecule has 1 saturated heterocycles. The van der Waals surface area contributed by atoms with E-state index in [0.29, 0.717) is 45.7 Å². The number of anilines is 5. The van der Waals surface area contributed by atoms with Crippen molar-refractivity contribution < 1.29 is 9.53 Å². The Balaban J connectivity index is 1.39. The van der Waals surface area contributed by atoms with Crippen molar-refractivity contribution in [3.05, 3.63) is 63.8 Å². The first-order chi connectivity index (χ1) is 18.3. The second-order valence-corrected chi connectivity index (χ2v) is 10.6. The molecule has 200 valence electrons. The standard InChI is InChI=1S/C27H31Cl2N7O2/c1-17-14-35(11-10-33(17)2)23-9-8-19(12-18(23)15-38-4)31-27-30-13-20-25(32-27)34(3)16-36(26(20)37)24-21(28)6-5-7-22(24)29/h5-9,12-13,17H,10-11,14-16H2,1-4H3,(H,30,31,32)/t17-/m1/s1. The third-order valence-electron chi connectivity index (χ3n) is 7.10. The summed E-state index contributed by atoms with van der Waals surface area (Å²) in [7, 11) is 5.73. The van der Waals surface area contributed by atoms with E-state index in [-0.39, 0.29) is 12.6 Å². The SMILES string of the molecule is COCc1cc(Nc2ncc3c(n2)N(C)CN(c2c(Cl)cccc2Cl)C3=O)ccc1N1CCN(C)[C@H](C)C1. The summed E-state index contributed by atoms with van der Waals surface area (Å²) < 4.78 is 5.51. The lowest BCUT2D eigenvalue weighted by molar-refractivity contribution is 0.0982. The van der Waals surface area contributed by atoms with Gasteiger partial charge < -0.3 is 24.8 Å². The molecule has 0 saturated carbocycles. The van der Waals surface area contributed by atoms with E-state index in [2.05, 4.69) is 51.2 Å².